The van der Waals surface area contributed by atoms with Crippen LogP contribution in [-0.2, 0) is 5.75 Å². The molecule has 0 aliphatic heterocycles. The number of aromatic hydroxyl groups is 1. The van der Waals surface area contributed by atoms with Gasteiger partial charge >= 0.3 is 0 Å². The Morgan fingerprint density at radius 1 is 1.64 bits per heavy atom. The Labute approximate surface area is 87.1 Å². The van der Waals surface area contributed by atoms with Gasteiger partial charge in [-0.05, 0) is 25.0 Å². The molecule has 1 rings (SSSR count). The van der Waals surface area contributed by atoms with Crippen molar-refractivity contribution in [3.63, 3.8) is 0 Å². The van der Waals surface area contributed by atoms with E-state index in [1.54, 1.807) is 13.1 Å². The van der Waals surface area contributed by atoms with Crippen molar-refractivity contribution in [3.8, 4) is 5.75 Å². The molecular formula is C9H13N3OS. The number of nitrogens with two attached hydrogens (primary N) is 1. The van der Waals surface area contributed by atoms with E-state index in [-0.39, 0.29) is 10.9 Å². The Morgan fingerprint density at radius 3 is 2.86 bits per heavy atom. The van der Waals surface area contributed by atoms with Crippen LogP contribution in [0.3, 0.4) is 0 Å². The molecule has 0 fully saturated rings. The van der Waals surface area contributed by atoms with Gasteiger partial charge in [0.2, 0.25) is 0 Å². The lowest BCUT2D eigenvalue weighted by molar-refractivity contribution is 0.462. The van der Waals surface area contributed by atoms with Crippen LogP contribution in [0.4, 0.5) is 0 Å². The third-order valence-corrected chi connectivity index (χ3v) is 2.74. The summed E-state index contributed by atoms with van der Waals surface area (Å²) in [6, 6.07) is 0. The fourth-order valence-electron chi connectivity index (χ4n) is 1.06. The Kier molecular flexibility index (Phi) is 3.35. The lowest BCUT2D eigenvalue weighted by atomic mass is 10.1. The van der Waals surface area contributed by atoms with Gasteiger partial charge in [-0.3, -0.25) is 10.4 Å². The molecule has 0 spiro atoms. The average Bonchev–Trinajstić information content (AvgIpc) is 2.13. The minimum absolute atomic E-state index is 0.0736. The van der Waals surface area contributed by atoms with Crippen LogP contribution in [0, 0.1) is 19.3 Å². The lowest BCUT2D eigenvalue weighted by Crippen LogP contribution is -2.04. The number of aromatic nitrogens is 1. The van der Waals surface area contributed by atoms with Gasteiger partial charge in [-0.25, -0.2) is 0 Å². The molecule has 14 heavy (non-hydrogen) atoms. The highest BCUT2D eigenvalue weighted by atomic mass is 32.2. The molecule has 5 heteroatoms. The van der Waals surface area contributed by atoms with E-state index in [2.05, 4.69) is 4.98 Å². The molecule has 1 aromatic heterocycles. The van der Waals surface area contributed by atoms with Crippen molar-refractivity contribution < 1.29 is 5.11 Å². The van der Waals surface area contributed by atoms with Crippen LogP contribution in [0.5, 0.6) is 5.75 Å². The highest BCUT2D eigenvalue weighted by Gasteiger charge is 2.07. The number of aryl methyl sites for hydroxylation is 1. The molecule has 0 aliphatic carbocycles. The van der Waals surface area contributed by atoms with Gasteiger partial charge in [0, 0.05) is 11.9 Å². The van der Waals surface area contributed by atoms with Crippen molar-refractivity contribution in [2.45, 2.75) is 19.6 Å². The summed E-state index contributed by atoms with van der Waals surface area (Å²) in [5, 5.41) is 16.7. The van der Waals surface area contributed by atoms with E-state index >= 15 is 0 Å². The Hall–Kier alpha value is -1.23. The van der Waals surface area contributed by atoms with Crippen LogP contribution in [-0.4, -0.2) is 15.3 Å². The van der Waals surface area contributed by atoms with Crippen LogP contribution < -0.4 is 5.73 Å². The highest BCUT2D eigenvalue weighted by molar-refractivity contribution is 8.13. The first-order valence-corrected chi connectivity index (χ1v) is 5.11. The van der Waals surface area contributed by atoms with E-state index in [0.717, 1.165) is 11.1 Å². The van der Waals surface area contributed by atoms with E-state index in [1.807, 2.05) is 6.92 Å². The predicted octanol–water partition coefficient (Wildman–Crippen LogP) is 1.53. The zero-order valence-corrected chi connectivity index (χ0v) is 8.98. The maximum atomic E-state index is 9.60. The maximum Gasteiger partial charge on any atom is 0.151 e. The summed E-state index contributed by atoms with van der Waals surface area (Å²) in [6.45, 7) is 3.59. The third-order valence-electron chi connectivity index (χ3n) is 1.98. The predicted molar refractivity (Wildman–Crippen MR) is 58.6 cm³/mol. The first-order chi connectivity index (χ1) is 6.52. The molecule has 4 N–H and O–H groups in total. The zero-order valence-electron chi connectivity index (χ0n) is 8.16. The maximum absolute atomic E-state index is 9.60. The van der Waals surface area contributed by atoms with Crippen LogP contribution in [0.2, 0.25) is 0 Å². The summed E-state index contributed by atoms with van der Waals surface area (Å²) in [7, 11) is 0. The number of hydrogen-bond acceptors (Lipinski definition) is 4. The molecule has 0 bridgehead atoms. The largest absolute Gasteiger partial charge is 0.506 e. The van der Waals surface area contributed by atoms with Gasteiger partial charge in [0.05, 0.1) is 5.69 Å². The fraction of sp³-hybridized carbons (Fsp3) is 0.333. The topological polar surface area (TPSA) is 83.0 Å². The second-order valence-corrected chi connectivity index (χ2v) is 4.01. The number of rotatable bonds is 2. The zero-order chi connectivity index (χ0) is 10.7. The molecule has 1 heterocycles. The summed E-state index contributed by atoms with van der Waals surface area (Å²) in [5.41, 5.74) is 7.57. The molecule has 1 aromatic rings. The summed E-state index contributed by atoms with van der Waals surface area (Å²) in [5.74, 6) is 0.800. The Morgan fingerprint density at radius 2 is 2.29 bits per heavy atom. The molecule has 4 nitrogen and oxygen atoms in total. The number of hydrogen-bond donors (Lipinski definition) is 3. The lowest BCUT2D eigenvalue weighted by Gasteiger charge is -2.07. The number of thioether (sulfide) groups is 1. The summed E-state index contributed by atoms with van der Waals surface area (Å²) < 4.78 is 0. The van der Waals surface area contributed by atoms with E-state index in [0.29, 0.717) is 11.4 Å². The quantitative estimate of drug-likeness (QED) is 0.511. The van der Waals surface area contributed by atoms with E-state index in [4.69, 9.17) is 11.1 Å². The van der Waals surface area contributed by atoms with E-state index in [1.165, 1.54) is 11.8 Å². The second-order valence-electron chi connectivity index (χ2n) is 3.00. The van der Waals surface area contributed by atoms with Gasteiger partial charge < -0.3 is 10.8 Å². The second kappa shape index (κ2) is 4.32. The van der Waals surface area contributed by atoms with Gasteiger partial charge in [-0.2, -0.15) is 0 Å². The monoisotopic (exact) mass is 211 g/mol. The number of nitrogens with one attached hydrogen (secondary N) is 1. The molecule has 0 saturated heterocycles. The van der Waals surface area contributed by atoms with Crippen LogP contribution in [0.1, 0.15) is 16.8 Å². The van der Waals surface area contributed by atoms with Crippen molar-refractivity contribution in [2.75, 3.05) is 0 Å². The molecule has 0 aliphatic rings. The summed E-state index contributed by atoms with van der Waals surface area (Å²) >= 11 is 1.22. The van der Waals surface area contributed by atoms with Gasteiger partial charge in [0.25, 0.3) is 0 Å². The van der Waals surface area contributed by atoms with Gasteiger partial charge in [-0.1, -0.05) is 11.8 Å². The molecule has 0 unspecified atom stereocenters. The highest BCUT2D eigenvalue weighted by Crippen LogP contribution is 2.24. The van der Waals surface area contributed by atoms with Crippen molar-refractivity contribution >= 4 is 16.9 Å². The molecule has 0 saturated carbocycles. The van der Waals surface area contributed by atoms with E-state index < -0.39 is 0 Å². The Balaban J connectivity index is 2.88. The minimum Gasteiger partial charge on any atom is -0.506 e. The summed E-state index contributed by atoms with van der Waals surface area (Å²) in [6.07, 6.45) is 1.71. The number of amidine groups is 1. The number of pyridine rings is 1. The molecular weight excluding hydrogens is 198 g/mol. The standard InChI is InChI=1S/C9H13N3OS/c1-5-7(4-14-9(10)11)3-12-6(2)8(5)13/h3,13H,4H2,1-2H3,(H3,10,11). The van der Waals surface area contributed by atoms with Gasteiger partial charge in [0.15, 0.2) is 5.17 Å². The SMILES string of the molecule is Cc1ncc(CSC(=N)N)c(C)c1O. The van der Waals surface area contributed by atoms with Crippen molar-refractivity contribution in [3.05, 3.63) is 23.0 Å². The average molecular weight is 211 g/mol. The van der Waals surface area contributed by atoms with Gasteiger partial charge in [-0.15, -0.1) is 0 Å². The van der Waals surface area contributed by atoms with Crippen molar-refractivity contribution in [1.82, 2.24) is 4.98 Å². The molecule has 0 amide bonds. The minimum atomic E-state index is 0.0736. The molecule has 0 atom stereocenters. The van der Waals surface area contributed by atoms with Gasteiger partial charge in [0.1, 0.15) is 5.75 Å². The van der Waals surface area contributed by atoms with Crippen LogP contribution in [0.25, 0.3) is 0 Å². The smallest absolute Gasteiger partial charge is 0.151 e. The third kappa shape index (κ3) is 2.38. The normalized spacial score (nSPS) is 10.1. The van der Waals surface area contributed by atoms with Crippen LogP contribution >= 0.6 is 11.8 Å². The first kappa shape index (κ1) is 10.8. The molecule has 76 valence electrons. The Bertz CT molecular complexity index is 365. The molecule has 0 aromatic carbocycles. The van der Waals surface area contributed by atoms with Crippen LogP contribution in [0.15, 0.2) is 6.20 Å². The fourth-order valence-corrected chi connectivity index (χ4v) is 1.66. The molecule has 0 radical (unpaired) electrons. The van der Waals surface area contributed by atoms with Crippen molar-refractivity contribution in [1.29, 1.82) is 5.41 Å². The van der Waals surface area contributed by atoms with E-state index in [9.17, 15) is 5.11 Å². The summed E-state index contributed by atoms with van der Waals surface area (Å²) in [4.78, 5) is 4.04. The first-order valence-electron chi connectivity index (χ1n) is 4.13. The van der Waals surface area contributed by atoms with Crippen molar-refractivity contribution in [2.24, 2.45) is 5.73 Å². The number of nitrogens with zero attached hydrogens (tertiary/aromatic N) is 1.